The highest BCUT2D eigenvalue weighted by Gasteiger charge is 2.11. The lowest BCUT2D eigenvalue weighted by Gasteiger charge is -2.19. The van der Waals surface area contributed by atoms with Crippen LogP contribution >= 0.6 is 0 Å². The van der Waals surface area contributed by atoms with E-state index >= 15 is 0 Å². The van der Waals surface area contributed by atoms with E-state index in [-0.39, 0.29) is 24.6 Å². The van der Waals surface area contributed by atoms with Crippen LogP contribution < -0.4 is 0 Å². The topological polar surface area (TPSA) is 49.7 Å². The maximum Gasteiger partial charge on any atom is 0.214 e. The summed E-state index contributed by atoms with van der Waals surface area (Å²) in [5.41, 5.74) is 0. The molecule has 0 spiro atoms. The highest BCUT2D eigenvalue weighted by atomic mass is 16.2. The SMILES string of the molecule is [B]CC(=O)N(CCN=C)CC(C)=O. The van der Waals surface area contributed by atoms with Gasteiger partial charge in [-0.25, -0.2) is 0 Å². The molecule has 0 aliphatic heterocycles. The van der Waals surface area contributed by atoms with Crippen molar-refractivity contribution in [3.05, 3.63) is 0 Å². The van der Waals surface area contributed by atoms with E-state index in [0.29, 0.717) is 13.1 Å². The maximum absolute atomic E-state index is 11.1. The molecule has 0 rings (SSSR count). The van der Waals surface area contributed by atoms with E-state index in [0.717, 1.165) is 0 Å². The minimum atomic E-state index is -0.237. The van der Waals surface area contributed by atoms with Crippen molar-refractivity contribution in [2.24, 2.45) is 4.99 Å². The second kappa shape index (κ2) is 6.40. The van der Waals surface area contributed by atoms with Gasteiger partial charge in [0.15, 0.2) is 0 Å². The molecule has 70 valence electrons. The number of hydrogen-bond donors (Lipinski definition) is 0. The molecule has 0 aliphatic rings. The van der Waals surface area contributed by atoms with Crippen LogP contribution in [-0.4, -0.2) is 50.8 Å². The van der Waals surface area contributed by atoms with E-state index in [1.54, 1.807) is 0 Å². The van der Waals surface area contributed by atoms with Gasteiger partial charge in [0.2, 0.25) is 5.91 Å². The third-order valence-electron chi connectivity index (χ3n) is 1.47. The van der Waals surface area contributed by atoms with E-state index in [9.17, 15) is 9.59 Å². The summed E-state index contributed by atoms with van der Waals surface area (Å²) in [5, 5.41) is 0. The summed E-state index contributed by atoms with van der Waals surface area (Å²) in [6.07, 6.45) is -0.0789. The molecular weight excluding hydrogens is 167 g/mol. The molecule has 4 nitrogen and oxygen atoms in total. The summed E-state index contributed by atoms with van der Waals surface area (Å²) in [4.78, 5) is 26.9. The normalized spacial score (nSPS) is 9.31. The van der Waals surface area contributed by atoms with Gasteiger partial charge in [0.1, 0.15) is 5.78 Å². The Hall–Kier alpha value is -1.13. The van der Waals surface area contributed by atoms with Crippen LogP contribution in [0, 0.1) is 0 Å². The number of nitrogens with zero attached hydrogens (tertiary/aromatic N) is 2. The Balaban J connectivity index is 4.09. The summed E-state index contributed by atoms with van der Waals surface area (Å²) in [7, 11) is 5.17. The maximum atomic E-state index is 11.1. The van der Waals surface area contributed by atoms with Gasteiger partial charge in [-0.05, 0) is 20.0 Å². The fourth-order valence-corrected chi connectivity index (χ4v) is 0.881. The lowest BCUT2D eigenvalue weighted by molar-refractivity contribution is -0.132. The van der Waals surface area contributed by atoms with Crippen LogP contribution in [0.4, 0.5) is 0 Å². The first-order valence-electron chi connectivity index (χ1n) is 4.01. The number of Topliss-reactive ketones (excluding diaryl/α,β-unsaturated/α-hetero) is 1. The number of amides is 1. The van der Waals surface area contributed by atoms with Crippen molar-refractivity contribution in [1.29, 1.82) is 0 Å². The molecule has 0 aromatic heterocycles. The molecule has 1 amide bonds. The van der Waals surface area contributed by atoms with Crippen LogP contribution in [0.5, 0.6) is 0 Å². The Morgan fingerprint density at radius 3 is 2.54 bits per heavy atom. The summed E-state index contributed by atoms with van der Waals surface area (Å²) >= 11 is 0. The fourth-order valence-electron chi connectivity index (χ4n) is 0.881. The average molecular weight is 180 g/mol. The first-order chi connectivity index (χ1) is 6.11. The van der Waals surface area contributed by atoms with Crippen LogP contribution in [0.1, 0.15) is 6.92 Å². The molecule has 0 bridgehead atoms. The molecule has 0 unspecified atom stereocenters. The minimum Gasteiger partial charge on any atom is -0.334 e. The molecule has 0 aliphatic carbocycles. The molecule has 0 fully saturated rings. The Labute approximate surface area is 79.4 Å². The van der Waals surface area contributed by atoms with Gasteiger partial charge in [0.25, 0.3) is 0 Å². The zero-order valence-corrected chi connectivity index (χ0v) is 7.82. The second-order valence-electron chi connectivity index (χ2n) is 2.67. The minimum absolute atomic E-state index is 0.0640. The summed E-state index contributed by atoms with van der Waals surface area (Å²) in [5.74, 6) is -0.301. The van der Waals surface area contributed by atoms with Gasteiger partial charge in [-0.2, -0.15) is 0 Å². The van der Waals surface area contributed by atoms with Crippen molar-refractivity contribution >= 4 is 26.3 Å². The lowest BCUT2D eigenvalue weighted by Crippen LogP contribution is -2.36. The van der Waals surface area contributed by atoms with Gasteiger partial charge in [-0.15, -0.1) is 0 Å². The van der Waals surface area contributed by atoms with E-state index in [2.05, 4.69) is 11.7 Å². The fraction of sp³-hybridized carbons (Fsp3) is 0.625. The summed E-state index contributed by atoms with van der Waals surface area (Å²) < 4.78 is 0. The largest absolute Gasteiger partial charge is 0.334 e. The van der Waals surface area contributed by atoms with Crippen molar-refractivity contribution in [1.82, 2.24) is 4.90 Å². The van der Waals surface area contributed by atoms with Crippen LogP contribution in [0.3, 0.4) is 0 Å². The molecule has 2 radical (unpaired) electrons. The lowest BCUT2D eigenvalue weighted by atomic mass is 10.0. The van der Waals surface area contributed by atoms with Crippen molar-refractivity contribution in [2.75, 3.05) is 19.6 Å². The molecule has 13 heavy (non-hydrogen) atoms. The first-order valence-corrected chi connectivity index (χ1v) is 4.01. The average Bonchev–Trinajstić information content (AvgIpc) is 2.10. The molecule has 0 N–H and O–H groups in total. The predicted molar refractivity (Wildman–Crippen MR) is 52.2 cm³/mol. The van der Waals surface area contributed by atoms with Crippen molar-refractivity contribution in [3.8, 4) is 0 Å². The van der Waals surface area contributed by atoms with Crippen LogP contribution in [0.25, 0.3) is 0 Å². The number of rotatable bonds is 6. The first kappa shape index (κ1) is 11.9. The second-order valence-corrected chi connectivity index (χ2v) is 2.67. The van der Waals surface area contributed by atoms with Crippen molar-refractivity contribution < 1.29 is 9.59 Å². The summed E-state index contributed by atoms with van der Waals surface area (Å²) in [6, 6.07) is 0. The Morgan fingerprint density at radius 1 is 1.54 bits per heavy atom. The molecule has 5 heteroatoms. The van der Waals surface area contributed by atoms with Crippen molar-refractivity contribution in [2.45, 2.75) is 13.2 Å². The quantitative estimate of drug-likeness (QED) is 0.415. The van der Waals surface area contributed by atoms with Gasteiger partial charge in [-0.1, -0.05) is 0 Å². The third kappa shape index (κ3) is 5.17. The standard InChI is InChI=1S/C8H13BN2O2/c1-7(12)6-11(4-3-10-2)8(13)5-9/h2-6H2,1H3. The van der Waals surface area contributed by atoms with E-state index in [4.69, 9.17) is 7.85 Å². The number of aliphatic imine (C=N–C) groups is 1. The van der Waals surface area contributed by atoms with Gasteiger partial charge in [0, 0.05) is 6.54 Å². The molecular formula is C8H13BN2O2. The smallest absolute Gasteiger partial charge is 0.214 e. The Bertz CT molecular complexity index is 206. The van der Waals surface area contributed by atoms with E-state index in [1.807, 2.05) is 0 Å². The van der Waals surface area contributed by atoms with Gasteiger partial charge in [0.05, 0.1) is 20.9 Å². The van der Waals surface area contributed by atoms with Gasteiger partial charge >= 0.3 is 0 Å². The number of ketones is 1. The predicted octanol–water partition coefficient (Wildman–Crippen LogP) is -0.309. The molecule has 0 saturated carbocycles. The third-order valence-corrected chi connectivity index (χ3v) is 1.47. The summed E-state index contributed by atoms with van der Waals surface area (Å²) in [6.45, 7) is 5.66. The number of carbonyl (C=O) groups is 2. The van der Waals surface area contributed by atoms with Gasteiger partial charge < -0.3 is 4.90 Å². The molecule has 0 saturated heterocycles. The van der Waals surface area contributed by atoms with Crippen molar-refractivity contribution in [3.63, 3.8) is 0 Å². The van der Waals surface area contributed by atoms with E-state index < -0.39 is 0 Å². The highest BCUT2D eigenvalue weighted by Crippen LogP contribution is 1.93. The number of hydrogen-bond acceptors (Lipinski definition) is 3. The van der Waals surface area contributed by atoms with E-state index in [1.165, 1.54) is 11.8 Å². The monoisotopic (exact) mass is 180 g/mol. The molecule has 0 aromatic rings. The van der Waals surface area contributed by atoms with Crippen LogP contribution in [-0.2, 0) is 9.59 Å². The van der Waals surface area contributed by atoms with Gasteiger partial charge in [-0.3, -0.25) is 14.6 Å². The molecule has 0 atom stereocenters. The Kier molecular flexibility index (Phi) is 5.84. The number of carbonyl (C=O) groups excluding carboxylic acids is 2. The highest BCUT2D eigenvalue weighted by molar-refractivity contribution is 6.19. The Morgan fingerprint density at radius 2 is 2.15 bits per heavy atom. The molecule has 0 aromatic carbocycles. The zero-order valence-electron chi connectivity index (χ0n) is 7.82. The van der Waals surface area contributed by atoms with Crippen LogP contribution in [0.15, 0.2) is 4.99 Å². The molecule has 0 heterocycles. The van der Waals surface area contributed by atoms with Crippen LogP contribution in [0.2, 0.25) is 6.32 Å². The zero-order chi connectivity index (χ0) is 10.3.